The van der Waals surface area contributed by atoms with Crippen LogP contribution in [0.1, 0.15) is 37.7 Å². The molecule has 2 N–H and O–H groups in total. The van der Waals surface area contributed by atoms with Gasteiger partial charge < -0.3 is 25.0 Å². The number of hydrogen-bond donors (Lipinski definition) is 2. The molecule has 2 bridgehead atoms. The zero-order valence-corrected chi connectivity index (χ0v) is 23.4. The summed E-state index contributed by atoms with van der Waals surface area (Å²) in [7, 11) is 1.58. The number of fused-ring (bicyclic) bond motifs is 1. The summed E-state index contributed by atoms with van der Waals surface area (Å²) in [4.78, 5) is 43.4. The van der Waals surface area contributed by atoms with E-state index >= 15 is 0 Å². The van der Waals surface area contributed by atoms with Crippen molar-refractivity contribution in [3.05, 3.63) is 70.7 Å². The van der Waals surface area contributed by atoms with Crippen molar-refractivity contribution in [2.45, 2.75) is 62.4 Å². The van der Waals surface area contributed by atoms with E-state index in [2.05, 4.69) is 26.6 Å². The molecule has 8 nitrogen and oxygen atoms in total. The fourth-order valence-electron chi connectivity index (χ4n) is 6.74. The van der Waals surface area contributed by atoms with E-state index in [4.69, 9.17) is 9.47 Å². The molecule has 6 rings (SSSR count). The number of benzene rings is 2. The predicted octanol–water partition coefficient (Wildman–Crippen LogP) is 4.20. The van der Waals surface area contributed by atoms with Crippen LogP contribution in [0.3, 0.4) is 0 Å². The maximum atomic E-state index is 14.2. The lowest BCUT2D eigenvalue weighted by Crippen LogP contribution is -2.56. The number of hydrogen-bond acceptors (Lipinski definition) is 5. The first kappa shape index (κ1) is 26.1. The molecule has 204 valence electrons. The molecule has 3 amide bonds. The van der Waals surface area contributed by atoms with E-state index in [-0.39, 0.29) is 30.3 Å². The average molecular weight is 595 g/mol. The number of amides is 3. The first-order chi connectivity index (χ1) is 18.9. The summed E-state index contributed by atoms with van der Waals surface area (Å²) in [5.41, 5.74) is 0.214. The van der Waals surface area contributed by atoms with E-state index in [0.29, 0.717) is 11.4 Å². The molecule has 3 aliphatic heterocycles. The molecule has 5 atom stereocenters. The van der Waals surface area contributed by atoms with Gasteiger partial charge in [0.1, 0.15) is 17.4 Å². The Labute approximate surface area is 236 Å². The van der Waals surface area contributed by atoms with Gasteiger partial charge in [-0.05, 0) is 43.2 Å². The molecule has 1 saturated carbocycles. The van der Waals surface area contributed by atoms with Crippen molar-refractivity contribution in [3.63, 3.8) is 0 Å². The molecule has 0 radical (unpaired) electrons. The molecular weight excluding hydrogens is 562 g/mol. The van der Waals surface area contributed by atoms with Crippen LogP contribution in [0.4, 0.5) is 5.69 Å². The second-order valence-corrected chi connectivity index (χ2v) is 11.7. The van der Waals surface area contributed by atoms with Gasteiger partial charge in [-0.1, -0.05) is 65.5 Å². The zero-order chi connectivity index (χ0) is 27.1. The Hall–Kier alpha value is -3.17. The van der Waals surface area contributed by atoms with Crippen LogP contribution < -0.4 is 15.4 Å². The van der Waals surface area contributed by atoms with E-state index in [1.807, 2.05) is 48.6 Å². The Kier molecular flexibility index (Phi) is 6.97. The molecule has 9 heteroatoms. The van der Waals surface area contributed by atoms with Crippen molar-refractivity contribution in [3.8, 4) is 5.75 Å². The van der Waals surface area contributed by atoms with Gasteiger partial charge in [0.05, 0.1) is 31.6 Å². The summed E-state index contributed by atoms with van der Waals surface area (Å²) in [5, 5.41) is 6.18. The molecule has 3 unspecified atom stereocenters. The highest BCUT2D eigenvalue weighted by Gasteiger charge is 2.72. The molecular formula is C30H32BrN3O5. The number of anilines is 1. The summed E-state index contributed by atoms with van der Waals surface area (Å²) in [6.45, 7) is 0.173. The molecule has 3 fully saturated rings. The van der Waals surface area contributed by atoms with E-state index in [0.717, 1.165) is 35.7 Å². The van der Waals surface area contributed by atoms with Gasteiger partial charge in [-0.25, -0.2) is 0 Å². The highest BCUT2D eigenvalue weighted by Crippen LogP contribution is 2.55. The van der Waals surface area contributed by atoms with Gasteiger partial charge in [-0.3, -0.25) is 14.4 Å². The minimum Gasteiger partial charge on any atom is -0.496 e. The summed E-state index contributed by atoms with van der Waals surface area (Å²) in [6.07, 6.45) is 8.27. The number of ether oxygens (including phenoxy) is 2. The van der Waals surface area contributed by atoms with Crippen LogP contribution in [0.25, 0.3) is 0 Å². The number of likely N-dealkylation sites (tertiary alicyclic amines) is 1. The first-order valence-electron chi connectivity index (χ1n) is 13.6. The Bertz CT molecular complexity index is 1310. The summed E-state index contributed by atoms with van der Waals surface area (Å²) in [5.74, 6) is -1.70. The molecule has 1 spiro atoms. The van der Waals surface area contributed by atoms with Crippen LogP contribution in [0.15, 0.2) is 65.2 Å². The van der Waals surface area contributed by atoms with E-state index in [9.17, 15) is 14.4 Å². The fourth-order valence-corrected chi connectivity index (χ4v) is 7.01. The number of nitrogens with one attached hydrogen (secondary N) is 2. The van der Waals surface area contributed by atoms with Crippen molar-refractivity contribution in [1.82, 2.24) is 10.2 Å². The number of methoxy groups -OCH3 is 1. The summed E-state index contributed by atoms with van der Waals surface area (Å²) < 4.78 is 12.9. The van der Waals surface area contributed by atoms with Crippen molar-refractivity contribution in [1.29, 1.82) is 0 Å². The van der Waals surface area contributed by atoms with Gasteiger partial charge >= 0.3 is 0 Å². The zero-order valence-electron chi connectivity index (χ0n) is 21.8. The van der Waals surface area contributed by atoms with Crippen LogP contribution in [0.2, 0.25) is 0 Å². The second-order valence-electron chi connectivity index (χ2n) is 10.8. The third-order valence-corrected chi connectivity index (χ3v) is 9.05. The lowest BCUT2D eigenvalue weighted by molar-refractivity contribution is -0.142. The predicted molar refractivity (Wildman–Crippen MR) is 149 cm³/mol. The van der Waals surface area contributed by atoms with Crippen molar-refractivity contribution in [2.24, 2.45) is 11.8 Å². The monoisotopic (exact) mass is 593 g/mol. The van der Waals surface area contributed by atoms with E-state index in [1.54, 1.807) is 24.1 Å². The topological polar surface area (TPSA) is 97.0 Å². The highest BCUT2D eigenvalue weighted by molar-refractivity contribution is 9.10. The van der Waals surface area contributed by atoms with Gasteiger partial charge in [-0.2, -0.15) is 0 Å². The molecule has 0 aromatic heterocycles. The number of carbonyl (C=O) groups is 3. The largest absolute Gasteiger partial charge is 0.496 e. The van der Waals surface area contributed by atoms with Crippen LogP contribution in [-0.2, 0) is 25.7 Å². The maximum absolute atomic E-state index is 14.2. The highest BCUT2D eigenvalue weighted by atomic mass is 79.9. The minimum absolute atomic E-state index is 0.0731. The first-order valence-corrected chi connectivity index (χ1v) is 14.4. The average Bonchev–Trinajstić information content (AvgIpc) is 3.58. The van der Waals surface area contributed by atoms with Crippen molar-refractivity contribution < 1.29 is 23.9 Å². The summed E-state index contributed by atoms with van der Waals surface area (Å²) in [6, 6.07) is 13.9. The number of para-hydroxylation sites is 1. The molecule has 39 heavy (non-hydrogen) atoms. The number of nitrogens with zero attached hydrogens (tertiary/aromatic N) is 1. The standard InChI is InChI=1S/C30H32BrN3O5/c1-38-22-10-6-5-7-18(22)17-34-26(28(36)33-20-8-3-2-4-9-20)30-16-15-23(39-30)24(25(30)29(34)37)27(35)32-21-13-11-19(31)12-14-21/h5-7,10-16,20,23-26H,2-4,8-9,17H2,1H3,(H,32,35)(H,33,36)/t23-,24?,25-,26?,30?/m0/s1. The van der Waals surface area contributed by atoms with Crippen LogP contribution in [0.5, 0.6) is 5.75 Å². The Morgan fingerprint density at radius 1 is 1.08 bits per heavy atom. The lowest BCUT2D eigenvalue weighted by Gasteiger charge is -2.34. The fraction of sp³-hybridized carbons (Fsp3) is 0.433. The number of carbonyl (C=O) groups excluding carboxylic acids is 3. The Morgan fingerprint density at radius 3 is 2.56 bits per heavy atom. The van der Waals surface area contributed by atoms with Gasteiger partial charge in [0.15, 0.2) is 0 Å². The van der Waals surface area contributed by atoms with Crippen molar-refractivity contribution >= 4 is 39.3 Å². The Morgan fingerprint density at radius 2 is 1.82 bits per heavy atom. The van der Waals surface area contributed by atoms with Crippen molar-refractivity contribution in [2.75, 3.05) is 12.4 Å². The van der Waals surface area contributed by atoms with Gasteiger partial charge in [0.2, 0.25) is 17.7 Å². The third-order valence-electron chi connectivity index (χ3n) is 8.52. The lowest BCUT2D eigenvalue weighted by atomic mass is 9.74. The quantitative estimate of drug-likeness (QED) is 0.469. The smallest absolute Gasteiger partial charge is 0.246 e. The second kappa shape index (κ2) is 10.4. The SMILES string of the molecule is COc1ccccc1CN1C(=O)[C@@H]2C(C(=O)Nc3ccc(Br)cc3)[C@@H]3C=CC2(O3)C1C(=O)NC1CCCCC1. The number of halogens is 1. The summed E-state index contributed by atoms with van der Waals surface area (Å²) >= 11 is 3.41. The van der Waals surface area contributed by atoms with E-state index in [1.165, 1.54) is 6.42 Å². The minimum atomic E-state index is -1.20. The Balaban J connectivity index is 1.34. The van der Waals surface area contributed by atoms with Gasteiger partial charge in [0, 0.05) is 21.8 Å². The molecule has 2 aromatic carbocycles. The van der Waals surface area contributed by atoms with Crippen LogP contribution >= 0.6 is 15.9 Å². The molecule has 2 saturated heterocycles. The van der Waals surface area contributed by atoms with Crippen LogP contribution in [0, 0.1) is 11.8 Å². The molecule has 3 heterocycles. The molecule has 4 aliphatic rings. The molecule has 1 aliphatic carbocycles. The third kappa shape index (κ3) is 4.55. The van der Waals surface area contributed by atoms with Crippen LogP contribution in [-0.4, -0.2) is 53.5 Å². The van der Waals surface area contributed by atoms with E-state index < -0.39 is 29.6 Å². The normalized spacial score (nSPS) is 29.4. The maximum Gasteiger partial charge on any atom is 0.246 e. The number of rotatable bonds is 7. The van der Waals surface area contributed by atoms with Gasteiger partial charge in [0.25, 0.3) is 0 Å². The van der Waals surface area contributed by atoms with Gasteiger partial charge in [-0.15, -0.1) is 0 Å². The molecule has 2 aromatic rings.